The predicted octanol–water partition coefficient (Wildman–Crippen LogP) is 1.39. The Labute approximate surface area is 70.7 Å². The van der Waals surface area contributed by atoms with Crippen LogP contribution < -0.4 is 5.32 Å². The van der Waals surface area contributed by atoms with Gasteiger partial charge in [0, 0.05) is 23.5 Å². The molecule has 0 amide bonds. The molecule has 1 unspecified atom stereocenters. The van der Waals surface area contributed by atoms with Gasteiger partial charge in [-0.05, 0) is 13.0 Å². The van der Waals surface area contributed by atoms with E-state index in [-0.39, 0.29) is 0 Å². The van der Waals surface area contributed by atoms with E-state index in [1.165, 1.54) is 11.4 Å². The maximum absolute atomic E-state index is 4.35. The maximum Gasteiger partial charge on any atom is 0.0997 e. The second-order valence-electron chi connectivity index (χ2n) is 3.32. The Morgan fingerprint density at radius 2 is 2.64 bits per heavy atom. The van der Waals surface area contributed by atoms with Gasteiger partial charge in [0.15, 0.2) is 0 Å². The number of thiazole rings is 1. The Kier molecular flexibility index (Phi) is 1.69. The van der Waals surface area contributed by atoms with Crippen LogP contribution in [0.15, 0.2) is 11.6 Å². The summed E-state index contributed by atoms with van der Waals surface area (Å²) >= 11 is 1.77. The van der Waals surface area contributed by atoms with Gasteiger partial charge in [-0.15, -0.1) is 11.3 Å². The number of nitrogens with one attached hydrogen (secondary N) is 1. The zero-order valence-electron chi connectivity index (χ0n) is 6.63. The molecule has 1 N–H and O–H groups in total. The SMILES string of the molecule is CC1(c2nccs2)CCNC1. The van der Waals surface area contributed by atoms with Gasteiger partial charge in [-0.2, -0.15) is 0 Å². The molecule has 1 aromatic heterocycles. The summed E-state index contributed by atoms with van der Waals surface area (Å²) in [6.07, 6.45) is 3.12. The minimum absolute atomic E-state index is 0.314. The van der Waals surface area contributed by atoms with Crippen molar-refractivity contribution in [1.82, 2.24) is 10.3 Å². The molecule has 0 aromatic carbocycles. The van der Waals surface area contributed by atoms with Gasteiger partial charge in [0.1, 0.15) is 0 Å². The normalized spacial score (nSPS) is 31.0. The molecule has 0 bridgehead atoms. The third kappa shape index (κ3) is 1.19. The minimum Gasteiger partial charge on any atom is -0.316 e. The molecule has 1 aromatic rings. The highest BCUT2D eigenvalue weighted by molar-refractivity contribution is 7.09. The molecule has 3 heteroatoms. The number of rotatable bonds is 1. The number of aromatic nitrogens is 1. The van der Waals surface area contributed by atoms with E-state index >= 15 is 0 Å². The number of hydrogen-bond acceptors (Lipinski definition) is 3. The summed E-state index contributed by atoms with van der Waals surface area (Å²) in [6, 6.07) is 0. The summed E-state index contributed by atoms with van der Waals surface area (Å²) in [4.78, 5) is 4.35. The van der Waals surface area contributed by atoms with Crippen molar-refractivity contribution in [1.29, 1.82) is 0 Å². The Bertz CT molecular complexity index is 224. The third-order valence-corrected chi connectivity index (χ3v) is 3.40. The molecule has 11 heavy (non-hydrogen) atoms. The van der Waals surface area contributed by atoms with E-state index in [1.807, 2.05) is 6.20 Å². The smallest absolute Gasteiger partial charge is 0.0997 e. The van der Waals surface area contributed by atoms with Gasteiger partial charge in [-0.3, -0.25) is 0 Å². The zero-order valence-corrected chi connectivity index (χ0v) is 7.45. The molecule has 1 aliphatic heterocycles. The summed E-state index contributed by atoms with van der Waals surface area (Å²) in [6.45, 7) is 4.50. The predicted molar refractivity (Wildman–Crippen MR) is 47.0 cm³/mol. The van der Waals surface area contributed by atoms with Crippen molar-refractivity contribution in [2.75, 3.05) is 13.1 Å². The lowest BCUT2D eigenvalue weighted by Crippen LogP contribution is -2.24. The monoisotopic (exact) mass is 168 g/mol. The lowest BCUT2D eigenvalue weighted by Gasteiger charge is -2.18. The second-order valence-corrected chi connectivity index (χ2v) is 4.22. The van der Waals surface area contributed by atoms with Crippen molar-refractivity contribution in [3.63, 3.8) is 0 Å². The Balaban J connectivity index is 2.27. The van der Waals surface area contributed by atoms with E-state index in [0.29, 0.717) is 5.41 Å². The Hall–Kier alpha value is -0.410. The molecule has 60 valence electrons. The number of nitrogens with zero attached hydrogens (tertiary/aromatic N) is 1. The summed E-state index contributed by atoms with van der Waals surface area (Å²) in [5.74, 6) is 0. The van der Waals surface area contributed by atoms with Gasteiger partial charge in [0.2, 0.25) is 0 Å². The van der Waals surface area contributed by atoms with E-state index in [1.54, 1.807) is 11.3 Å². The third-order valence-electron chi connectivity index (χ3n) is 2.32. The molecule has 2 heterocycles. The highest BCUT2D eigenvalue weighted by Crippen LogP contribution is 2.30. The number of hydrogen-bond donors (Lipinski definition) is 1. The van der Waals surface area contributed by atoms with E-state index < -0.39 is 0 Å². The second kappa shape index (κ2) is 2.57. The van der Waals surface area contributed by atoms with E-state index in [4.69, 9.17) is 0 Å². The van der Waals surface area contributed by atoms with Crippen LogP contribution in [-0.2, 0) is 5.41 Å². The van der Waals surface area contributed by atoms with Crippen LogP contribution in [0.1, 0.15) is 18.4 Å². The molecule has 1 aliphatic rings. The minimum atomic E-state index is 0.314. The van der Waals surface area contributed by atoms with Crippen molar-refractivity contribution < 1.29 is 0 Å². The topological polar surface area (TPSA) is 24.9 Å². The van der Waals surface area contributed by atoms with Crippen molar-refractivity contribution in [2.45, 2.75) is 18.8 Å². The first kappa shape index (κ1) is 7.25. The largest absolute Gasteiger partial charge is 0.316 e. The van der Waals surface area contributed by atoms with Crippen molar-refractivity contribution >= 4 is 11.3 Å². The van der Waals surface area contributed by atoms with Crippen LogP contribution in [0, 0.1) is 0 Å². The highest BCUT2D eigenvalue weighted by Gasteiger charge is 2.32. The van der Waals surface area contributed by atoms with E-state index in [0.717, 1.165) is 13.1 Å². The summed E-state index contributed by atoms with van der Waals surface area (Å²) in [7, 11) is 0. The maximum atomic E-state index is 4.35. The molecule has 0 spiro atoms. The van der Waals surface area contributed by atoms with Gasteiger partial charge in [-0.25, -0.2) is 4.98 Å². The standard InChI is InChI=1S/C8H12N2S/c1-8(2-3-9-6-8)7-10-4-5-11-7/h4-5,9H,2-3,6H2,1H3. The quantitative estimate of drug-likeness (QED) is 0.685. The summed E-state index contributed by atoms with van der Waals surface area (Å²) in [5.41, 5.74) is 0.314. The first-order valence-corrected chi connectivity index (χ1v) is 4.80. The average Bonchev–Trinajstić information content (AvgIpc) is 2.55. The van der Waals surface area contributed by atoms with Crippen LogP contribution in [0.3, 0.4) is 0 Å². The molecule has 1 fully saturated rings. The van der Waals surface area contributed by atoms with Crippen LogP contribution in [0.4, 0.5) is 0 Å². The molecular formula is C8H12N2S. The van der Waals surface area contributed by atoms with Crippen LogP contribution in [0.2, 0.25) is 0 Å². The zero-order chi connectivity index (χ0) is 7.73. The van der Waals surface area contributed by atoms with Gasteiger partial charge in [0.05, 0.1) is 5.01 Å². The van der Waals surface area contributed by atoms with E-state index in [2.05, 4.69) is 22.6 Å². The van der Waals surface area contributed by atoms with E-state index in [9.17, 15) is 0 Å². The van der Waals surface area contributed by atoms with Crippen LogP contribution in [-0.4, -0.2) is 18.1 Å². The molecule has 2 rings (SSSR count). The van der Waals surface area contributed by atoms with Gasteiger partial charge < -0.3 is 5.32 Å². The molecule has 1 saturated heterocycles. The van der Waals surface area contributed by atoms with Crippen molar-refractivity contribution in [2.24, 2.45) is 0 Å². The lowest BCUT2D eigenvalue weighted by molar-refractivity contribution is 0.521. The van der Waals surface area contributed by atoms with Crippen molar-refractivity contribution in [3.8, 4) is 0 Å². The Morgan fingerprint density at radius 1 is 1.73 bits per heavy atom. The molecule has 1 atom stereocenters. The molecule has 0 radical (unpaired) electrons. The fourth-order valence-corrected chi connectivity index (χ4v) is 2.35. The first-order valence-electron chi connectivity index (χ1n) is 3.92. The first-order chi connectivity index (χ1) is 5.31. The molecule has 0 saturated carbocycles. The van der Waals surface area contributed by atoms with Crippen molar-refractivity contribution in [3.05, 3.63) is 16.6 Å². The summed E-state index contributed by atoms with van der Waals surface area (Å²) < 4.78 is 0. The van der Waals surface area contributed by atoms with Crippen LogP contribution >= 0.6 is 11.3 Å². The highest BCUT2D eigenvalue weighted by atomic mass is 32.1. The molecule has 2 nitrogen and oxygen atoms in total. The van der Waals surface area contributed by atoms with Crippen LogP contribution in [0.25, 0.3) is 0 Å². The molecule has 0 aliphatic carbocycles. The average molecular weight is 168 g/mol. The van der Waals surface area contributed by atoms with Gasteiger partial charge in [0.25, 0.3) is 0 Å². The fraction of sp³-hybridized carbons (Fsp3) is 0.625. The van der Waals surface area contributed by atoms with Gasteiger partial charge >= 0.3 is 0 Å². The Morgan fingerprint density at radius 3 is 3.18 bits per heavy atom. The summed E-state index contributed by atoms with van der Waals surface area (Å²) in [5, 5.41) is 6.70. The van der Waals surface area contributed by atoms with Gasteiger partial charge in [-0.1, -0.05) is 6.92 Å². The lowest BCUT2D eigenvalue weighted by atomic mass is 9.91. The molecular weight excluding hydrogens is 156 g/mol. The van der Waals surface area contributed by atoms with Crippen LogP contribution in [0.5, 0.6) is 0 Å². The fourth-order valence-electron chi connectivity index (χ4n) is 1.52.